The molecule has 128 valence electrons. The van der Waals surface area contributed by atoms with Crippen LogP contribution in [0.3, 0.4) is 0 Å². The van der Waals surface area contributed by atoms with Crippen molar-refractivity contribution in [3.63, 3.8) is 0 Å². The van der Waals surface area contributed by atoms with E-state index in [0.717, 1.165) is 16.4 Å². The van der Waals surface area contributed by atoms with Gasteiger partial charge in [-0.3, -0.25) is 9.10 Å². The molecule has 0 saturated carbocycles. The summed E-state index contributed by atoms with van der Waals surface area (Å²) in [6, 6.07) is 8.92. The van der Waals surface area contributed by atoms with Crippen LogP contribution in [0.5, 0.6) is 0 Å². The Hall–Kier alpha value is -2.48. The van der Waals surface area contributed by atoms with E-state index in [1.807, 2.05) is 0 Å². The number of anilines is 2. The number of carbonyl (C=O) groups excluding carboxylic acids is 1. The van der Waals surface area contributed by atoms with Crippen LogP contribution in [-0.2, 0) is 10.0 Å². The molecular weight excluding hydrogens is 338 g/mol. The number of amides is 1. The highest BCUT2D eigenvalue weighted by molar-refractivity contribution is 7.92. The highest BCUT2D eigenvalue weighted by Crippen LogP contribution is 2.19. The van der Waals surface area contributed by atoms with Gasteiger partial charge in [-0.25, -0.2) is 17.2 Å². The fourth-order valence-electron chi connectivity index (χ4n) is 1.95. The number of hydrogen-bond acceptors (Lipinski definition) is 3. The average molecular weight is 354 g/mol. The first kappa shape index (κ1) is 17.9. The summed E-state index contributed by atoms with van der Waals surface area (Å²) in [5.41, 5.74) is 0.792. The maximum Gasteiger partial charge on any atom is 0.255 e. The predicted octanol–water partition coefficient (Wildman–Crippen LogP) is 3.00. The molecule has 8 heteroatoms. The summed E-state index contributed by atoms with van der Waals surface area (Å²) in [5.74, 6) is -2.62. The highest BCUT2D eigenvalue weighted by atomic mass is 32.2. The number of hydrogen-bond donors (Lipinski definition) is 1. The Morgan fingerprint density at radius 1 is 1.08 bits per heavy atom. The van der Waals surface area contributed by atoms with Gasteiger partial charge in [-0.15, -0.1) is 0 Å². The molecule has 0 unspecified atom stereocenters. The fraction of sp³-hybridized carbons (Fsp3) is 0.188. The Balaban J connectivity index is 2.15. The Bertz CT molecular complexity index is 852. The third-order valence-corrected chi connectivity index (χ3v) is 5.23. The van der Waals surface area contributed by atoms with Crippen LogP contribution in [0, 0.1) is 11.6 Å². The summed E-state index contributed by atoms with van der Waals surface area (Å²) >= 11 is 0. The van der Waals surface area contributed by atoms with Gasteiger partial charge in [0.2, 0.25) is 10.0 Å². The van der Waals surface area contributed by atoms with Crippen LogP contribution in [0.15, 0.2) is 42.5 Å². The minimum absolute atomic E-state index is 0.0398. The number of carbonyl (C=O) groups is 1. The monoisotopic (exact) mass is 354 g/mol. The van der Waals surface area contributed by atoms with Gasteiger partial charge in [0.1, 0.15) is 0 Å². The summed E-state index contributed by atoms with van der Waals surface area (Å²) in [7, 11) is -1.96. The third kappa shape index (κ3) is 3.88. The molecule has 0 aliphatic rings. The van der Waals surface area contributed by atoms with Gasteiger partial charge in [-0.2, -0.15) is 0 Å². The van der Waals surface area contributed by atoms with E-state index in [4.69, 9.17) is 0 Å². The van der Waals surface area contributed by atoms with Crippen LogP contribution in [0.4, 0.5) is 20.2 Å². The Morgan fingerprint density at radius 3 is 2.25 bits per heavy atom. The minimum Gasteiger partial charge on any atom is -0.322 e. The van der Waals surface area contributed by atoms with Gasteiger partial charge < -0.3 is 5.32 Å². The van der Waals surface area contributed by atoms with Crippen molar-refractivity contribution in [1.82, 2.24) is 0 Å². The van der Waals surface area contributed by atoms with Gasteiger partial charge in [0.25, 0.3) is 5.91 Å². The second-order valence-corrected chi connectivity index (χ2v) is 7.29. The zero-order valence-electron chi connectivity index (χ0n) is 13.1. The Morgan fingerprint density at radius 2 is 1.71 bits per heavy atom. The average Bonchev–Trinajstić information content (AvgIpc) is 2.57. The van der Waals surface area contributed by atoms with Crippen molar-refractivity contribution in [2.24, 2.45) is 0 Å². The van der Waals surface area contributed by atoms with Crippen molar-refractivity contribution in [1.29, 1.82) is 0 Å². The lowest BCUT2D eigenvalue weighted by atomic mass is 10.2. The molecule has 2 rings (SSSR count). The molecule has 1 amide bonds. The van der Waals surface area contributed by atoms with Crippen LogP contribution in [0.1, 0.15) is 17.3 Å². The van der Waals surface area contributed by atoms with Crippen LogP contribution in [-0.4, -0.2) is 27.1 Å². The van der Waals surface area contributed by atoms with Crippen molar-refractivity contribution < 1.29 is 22.0 Å². The lowest BCUT2D eigenvalue weighted by Gasteiger charge is -2.18. The first-order chi connectivity index (χ1) is 11.2. The first-order valence-corrected chi connectivity index (χ1v) is 8.68. The molecule has 0 heterocycles. The second-order valence-electron chi connectivity index (χ2n) is 5.00. The molecule has 0 aliphatic heterocycles. The Labute approximate surface area is 139 Å². The Kier molecular flexibility index (Phi) is 5.18. The number of nitrogens with zero attached hydrogens (tertiary/aromatic N) is 1. The highest BCUT2D eigenvalue weighted by Gasteiger charge is 2.16. The molecule has 24 heavy (non-hydrogen) atoms. The predicted molar refractivity (Wildman–Crippen MR) is 88.6 cm³/mol. The second kappa shape index (κ2) is 6.96. The van der Waals surface area contributed by atoms with Gasteiger partial charge in [0, 0.05) is 24.4 Å². The largest absolute Gasteiger partial charge is 0.322 e. The van der Waals surface area contributed by atoms with Gasteiger partial charge in [0.05, 0.1) is 11.4 Å². The molecule has 2 aromatic rings. The number of halogens is 2. The fourth-order valence-corrected chi connectivity index (χ4v) is 2.78. The number of nitrogens with one attached hydrogen (secondary N) is 1. The molecule has 0 radical (unpaired) electrons. The van der Waals surface area contributed by atoms with E-state index >= 15 is 0 Å². The molecule has 5 nitrogen and oxygen atoms in total. The number of benzene rings is 2. The molecule has 0 atom stereocenters. The van der Waals surface area contributed by atoms with Gasteiger partial charge in [0.15, 0.2) is 11.6 Å². The lowest BCUT2D eigenvalue weighted by molar-refractivity contribution is 0.102. The van der Waals surface area contributed by atoms with Crippen molar-refractivity contribution >= 4 is 27.3 Å². The van der Waals surface area contributed by atoms with Crippen molar-refractivity contribution in [2.45, 2.75) is 6.92 Å². The van der Waals surface area contributed by atoms with Gasteiger partial charge >= 0.3 is 0 Å². The lowest BCUT2D eigenvalue weighted by Crippen LogP contribution is -2.28. The molecule has 1 N–H and O–H groups in total. The van der Waals surface area contributed by atoms with Crippen molar-refractivity contribution in [2.75, 3.05) is 22.4 Å². The molecule has 0 aliphatic carbocycles. The maximum atomic E-state index is 13.1. The van der Waals surface area contributed by atoms with Crippen molar-refractivity contribution in [3.05, 3.63) is 59.7 Å². The summed E-state index contributed by atoms with van der Waals surface area (Å²) in [6.45, 7) is 1.54. The molecule has 0 fully saturated rings. The number of rotatable bonds is 5. The molecule has 0 spiro atoms. The summed E-state index contributed by atoms with van der Waals surface area (Å²) < 4.78 is 50.7. The summed E-state index contributed by atoms with van der Waals surface area (Å²) in [4.78, 5) is 12.1. The zero-order valence-corrected chi connectivity index (χ0v) is 13.9. The van der Waals surface area contributed by atoms with Crippen molar-refractivity contribution in [3.8, 4) is 0 Å². The van der Waals surface area contributed by atoms with E-state index in [2.05, 4.69) is 5.32 Å². The molecule has 0 saturated heterocycles. The SMILES string of the molecule is CCS(=O)(=O)N(C)c1ccc(C(=O)Nc2ccc(F)c(F)c2)cc1. The van der Waals surface area contributed by atoms with Crippen LogP contribution in [0.2, 0.25) is 0 Å². The maximum absolute atomic E-state index is 13.1. The van der Waals surface area contributed by atoms with E-state index in [9.17, 15) is 22.0 Å². The standard InChI is InChI=1S/C16H16F2N2O3S/c1-3-24(22,23)20(2)13-7-4-11(5-8-13)16(21)19-12-6-9-14(17)15(18)10-12/h4-10H,3H2,1-2H3,(H,19,21). The van der Waals surface area contributed by atoms with Gasteiger partial charge in [-0.05, 0) is 43.3 Å². The smallest absolute Gasteiger partial charge is 0.255 e. The molecule has 2 aromatic carbocycles. The summed E-state index contributed by atoms with van der Waals surface area (Å²) in [5, 5.41) is 2.44. The van der Waals surface area contributed by atoms with E-state index in [0.29, 0.717) is 5.69 Å². The zero-order chi connectivity index (χ0) is 17.9. The molecule has 0 aromatic heterocycles. The molecule has 0 bridgehead atoms. The molecular formula is C16H16F2N2O3S. The first-order valence-electron chi connectivity index (χ1n) is 7.07. The topological polar surface area (TPSA) is 66.5 Å². The van der Waals surface area contributed by atoms with Gasteiger partial charge in [-0.1, -0.05) is 0 Å². The quantitative estimate of drug-likeness (QED) is 0.898. The minimum atomic E-state index is -3.39. The van der Waals surface area contributed by atoms with Crippen LogP contribution >= 0.6 is 0 Å². The summed E-state index contributed by atoms with van der Waals surface area (Å²) in [6.07, 6.45) is 0. The third-order valence-electron chi connectivity index (χ3n) is 3.45. The van der Waals surface area contributed by atoms with E-state index in [1.165, 1.54) is 44.3 Å². The van der Waals surface area contributed by atoms with Crippen LogP contribution in [0.25, 0.3) is 0 Å². The van der Waals surface area contributed by atoms with Crippen LogP contribution < -0.4 is 9.62 Å². The van der Waals surface area contributed by atoms with E-state index in [1.54, 1.807) is 0 Å². The normalized spacial score (nSPS) is 11.2. The van der Waals surface area contributed by atoms with E-state index < -0.39 is 27.6 Å². The number of sulfonamides is 1. The van der Waals surface area contributed by atoms with E-state index in [-0.39, 0.29) is 17.0 Å².